The van der Waals surface area contributed by atoms with Crippen LogP contribution in [-0.2, 0) is 22.7 Å². The highest BCUT2D eigenvalue weighted by molar-refractivity contribution is 6.19. The van der Waals surface area contributed by atoms with Gasteiger partial charge in [-0.2, -0.15) is 0 Å². The van der Waals surface area contributed by atoms with Gasteiger partial charge in [-0.1, -0.05) is 18.2 Å². The molecule has 0 saturated heterocycles. The molecule has 9 nitrogen and oxygen atoms in total. The van der Waals surface area contributed by atoms with Gasteiger partial charge in [-0.3, -0.25) is 24.3 Å². The zero-order valence-electron chi connectivity index (χ0n) is 25.4. The Kier molecular flexibility index (Phi) is 11.6. The summed E-state index contributed by atoms with van der Waals surface area (Å²) in [7, 11) is 3.39. The standard InChI is InChI=1S/C33H37N5O4.2ClH/c1-33(2)31(40)35(3)28-11-10-26(22-29(28)36(4)32(33)41)42-21-7-17-37(23-24-12-15-34-16-13-24)19-20-38-18-14-25-8-5-6-9-27(25)30(38)39;;/h5-6,8-16,18,22H,7,17,19-21,23H2,1-4H3;2*1H. The second kappa shape index (κ2) is 14.7. The number of carbonyl (C=O) groups excluding carboxylic acids is 2. The molecule has 3 heterocycles. The number of nitrogens with zero attached hydrogens (tertiary/aromatic N) is 5. The lowest BCUT2D eigenvalue weighted by Crippen LogP contribution is -2.46. The lowest BCUT2D eigenvalue weighted by atomic mass is 9.90. The maximum absolute atomic E-state index is 13.0. The largest absolute Gasteiger partial charge is 0.493 e. The molecule has 0 aliphatic carbocycles. The molecule has 0 radical (unpaired) electrons. The van der Waals surface area contributed by atoms with Crippen LogP contribution in [0.1, 0.15) is 25.8 Å². The SMILES string of the molecule is CN1C(=O)C(C)(C)C(=O)N(C)c2cc(OCCCN(CCn3ccc4ccccc4c3=O)Cc3ccncc3)ccc21.Cl.Cl. The number of fused-ring (bicyclic) bond motifs is 2. The highest BCUT2D eigenvalue weighted by Gasteiger charge is 2.44. The molecule has 234 valence electrons. The summed E-state index contributed by atoms with van der Waals surface area (Å²) in [5.41, 5.74) is 1.32. The fraction of sp³-hybridized carbons (Fsp3) is 0.333. The average Bonchev–Trinajstić information content (AvgIpc) is 3.05. The topological polar surface area (TPSA) is 88.0 Å². The number of hydrogen-bond donors (Lipinski definition) is 0. The van der Waals surface area contributed by atoms with Crippen LogP contribution >= 0.6 is 24.8 Å². The quantitative estimate of drug-likeness (QED) is 0.176. The van der Waals surface area contributed by atoms with E-state index in [0.29, 0.717) is 36.8 Å². The van der Waals surface area contributed by atoms with Crippen LogP contribution in [0.25, 0.3) is 10.8 Å². The maximum Gasteiger partial charge on any atom is 0.258 e. The smallest absolute Gasteiger partial charge is 0.258 e. The number of aromatic nitrogens is 2. The van der Waals surface area contributed by atoms with Crippen molar-refractivity contribution < 1.29 is 14.3 Å². The summed E-state index contributed by atoms with van der Waals surface area (Å²) in [4.78, 5) is 48.5. The molecule has 11 heteroatoms. The van der Waals surface area contributed by atoms with Crippen molar-refractivity contribution in [2.75, 3.05) is 43.6 Å². The Hall–Kier alpha value is -3.92. The third-order valence-electron chi connectivity index (χ3n) is 7.93. The van der Waals surface area contributed by atoms with Gasteiger partial charge in [0, 0.05) is 70.3 Å². The Bertz CT molecular complexity index is 1660. The van der Waals surface area contributed by atoms with E-state index in [-0.39, 0.29) is 42.2 Å². The van der Waals surface area contributed by atoms with Crippen LogP contribution in [0.2, 0.25) is 0 Å². The van der Waals surface area contributed by atoms with Gasteiger partial charge < -0.3 is 19.1 Å². The summed E-state index contributed by atoms with van der Waals surface area (Å²) >= 11 is 0. The van der Waals surface area contributed by atoms with Gasteiger partial charge in [-0.25, -0.2) is 0 Å². The molecular weight excluding hydrogens is 601 g/mol. The summed E-state index contributed by atoms with van der Waals surface area (Å²) in [6.07, 6.45) is 6.20. The van der Waals surface area contributed by atoms with Crippen molar-refractivity contribution in [1.82, 2.24) is 14.5 Å². The van der Waals surface area contributed by atoms with E-state index in [4.69, 9.17) is 4.74 Å². The van der Waals surface area contributed by atoms with Gasteiger partial charge in [0.25, 0.3) is 5.56 Å². The van der Waals surface area contributed by atoms with Crippen LogP contribution in [0.3, 0.4) is 0 Å². The molecule has 0 spiro atoms. The van der Waals surface area contributed by atoms with Crippen LogP contribution in [0.15, 0.2) is 84.0 Å². The van der Waals surface area contributed by atoms with Gasteiger partial charge in [0.15, 0.2) is 0 Å². The molecule has 0 N–H and O–H groups in total. The highest BCUT2D eigenvalue weighted by atomic mass is 35.5. The first kappa shape index (κ1) is 34.6. The Morgan fingerprint density at radius 2 is 1.52 bits per heavy atom. The third kappa shape index (κ3) is 7.23. The molecule has 0 bridgehead atoms. The van der Waals surface area contributed by atoms with Crippen LogP contribution in [0.5, 0.6) is 5.75 Å². The number of hydrogen-bond acceptors (Lipinski definition) is 6. The molecule has 0 saturated carbocycles. The van der Waals surface area contributed by atoms with Crippen molar-refractivity contribution in [3.63, 3.8) is 0 Å². The number of amides is 2. The number of anilines is 2. The predicted molar refractivity (Wildman–Crippen MR) is 179 cm³/mol. The Morgan fingerprint density at radius 1 is 0.841 bits per heavy atom. The fourth-order valence-corrected chi connectivity index (χ4v) is 5.44. The summed E-state index contributed by atoms with van der Waals surface area (Å²) < 4.78 is 7.88. The average molecular weight is 641 g/mol. The molecule has 2 aromatic heterocycles. The molecule has 5 rings (SSSR count). The molecule has 0 fully saturated rings. The summed E-state index contributed by atoms with van der Waals surface area (Å²) in [6.45, 7) is 6.54. The van der Waals surface area contributed by atoms with Crippen molar-refractivity contribution in [3.05, 3.63) is 95.2 Å². The molecule has 2 amide bonds. The predicted octanol–water partition coefficient (Wildman–Crippen LogP) is 5.18. The van der Waals surface area contributed by atoms with Crippen molar-refractivity contribution in [2.24, 2.45) is 5.41 Å². The first-order valence-corrected chi connectivity index (χ1v) is 14.2. The van der Waals surface area contributed by atoms with E-state index in [1.54, 1.807) is 49.8 Å². The van der Waals surface area contributed by atoms with E-state index in [2.05, 4.69) is 9.88 Å². The zero-order chi connectivity index (χ0) is 29.9. The number of pyridine rings is 2. The molecule has 44 heavy (non-hydrogen) atoms. The molecule has 2 aromatic carbocycles. The van der Waals surface area contributed by atoms with Crippen molar-refractivity contribution in [2.45, 2.75) is 33.4 Å². The van der Waals surface area contributed by atoms with Gasteiger partial charge in [0.2, 0.25) is 11.8 Å². The van der Waals surface area contributed by atoms with Crippen molar-refractivity contribution in [1.29, 1.82) is 0 Å². The first-order chi connectivity index (χ1) is 20.2. The van der Waals surface area contributed by atoms with Crippen molar-refractivity contribution in [3.8, 4) is 5.75 Å². The third-order valence-corrected chi connectivity index (χ3v) is 7.93. The minimum absolute atomic E-state index is 0. The fourth-order valence-electron chi connectivity index (χ4n) is 5.44. The minimum Gasteiger partial charge on any atom is -0.493 e. The van der Waals surface area contributed by atoms with Gasteiger partial charge in [0.05, 0.1) is 18.0 Å². The van der Waals surface area contributed by atoms with Crippen LogP contribution in [-0.4, -0.2) is 60.1 Å². The lowest BCUT2D eigenvalue weighted by Gasteiger charge is -2.25. The second-order valence-electron chi connectivity index (χ2n) is 11.2. The van der Waals surface area contributed by atoms with Crippen LogP contribution in [0.4, 0.5) is 11.4 Å². The number of rotatable bonds is 10. The number of carbonyl (C=O) groups is 2. The Balaban J connectivity index is 0.00000264. The van der Waals surface area contributed by atoms with E-state index in [1.807, 2.05) is 66.9 Å². The van der Waals surface area contributed by atoms with Crippen LogP contribution in [0, 0.1) is 5.41 Å². The van der Waals surface area contributed by atoms with Crippen LogP contribution < -0.4 is 20.1 Å². The number of ether oxygens (including phenoxy) is 1. The highest BCUT2D eigenvalue weighted by Crippen LogP contribution is 2.39. The van der Waals surface area contributed by atoms with Gasteiger partial charge in [-0.15, -0.1) is 24.8 Å². The molecule has 1 aliphatic heterocycles. The molecule has 1 aliphatic rings. The summed E-state index contributed by atoms with van der Waals surface area (Å²) in [6, 6.07) is 19.1. The molecule has 4 aromatic rings. The first-order valence-electron chi connectivity index (χ1n) is 14.2. The molecular formula is C33H39Cl2N5O4. The summed E-state index contributed by atoms with van der Waals surface area (Å²) in [5.74, 6) is 0.136. The minimum atomic E-state index is -1.15. The Labute approximate surface area is 270 Å². The number of benzene rings is 2. The summed E-state index contributed by atoms with van der Waals surface area (Å²) in [5, 5.41) is 1.67. The van der Waals surface area contributed by atoms with Crippen molar-refractivity contribution >= 4 is 58.8 Å². The maximum atomic E-state index is 13.0. The molecule has 0 atom stereocenters. The second-order valence-corrected chi connectivity index (χ2v) is 11.2. The van der Waals surface area contributed by atoms with E-state index in [9.17, 15) is 14.4 Å². The zero-order valence-corrected chi connectivity index (χ0v) is 27.1. The van der Waals surface area contributed by atoms with E-state index < -0.39 is 5.41 Å². The van der Waals surface area contributed by atoms with Gasteiger partial charge in [0.1, 0.15) is 11.2 Å². The van der Waals surface area contributed by atoms with E-state index >= 15 is 0 Å². The molecule has 0 unspecified atom stereocenters. The van der Waals surface area contributed by atoms with Gasteiger partial charge in [-0.05, 0) is 67.6 Å². The lowest BCUT2D eigenvalue weighted by molar-refractivity contribution is -0.137. The van der Waals surface area contributed by atoms with Gasteiger partial charge >= 0.3 is 0 Å². The van der Waals surface area contributed by atoms with E-state index in [1.165, 1.54) is 4.90 Å². The normalized spacial score (nSPS) is 14.1. The number of halogens is 2. The van der Waals surface area contributed by atoms with E-state index in [0.717, 1.165) is 35.8 Å². The monoisotopic (exact) mass is 639 g/mol. The Morgan fingerprint density at radius 3 is 2.25 bits per heavy atom.